The molecule has 0 saturated carbocycles. The number of alkyl halides is 3. The van der Waals surface area contributed by atoms with Crippen molar-refractivity contribution in [1.82, 2.24) is 20.9 Å². The summed E-state index contributed by atoms with van der Waals surface area (Å²) in [6, 6.07) is 1.63. The predicted molar refractivity (Wildman–Crippen MR) is 165 cm³/mol. The van der Waals surface area contributed by atoms with Crippen molar-refractivity contribution in [3.63, 3.8) is 0 Å². The normalized spacial score (nSPS) is 14.4. The van der Waals surface area contributed by atoms with Crippen molar-refractivity contribution in [2.45, 2.75) is 84.1 Å². The lowest BCUT2D eigenvalue weighted by molar-refractivity contribution is -0.146. The van der Waals surface area contributed by atoms with Gasteiger partial charge in [-0.1, -0.05) is 58.9 Å². The van der Waals surface area contributed by atoms with E-state index in [1.165, 1.54) is 51.2 Å². The number of methoxy groups -OCH3 is 2. The van der Waals surface area contributed by atoms with Crippen molar-refractivity contribution in [3.05, 3.63) is 47.0 Å². The number of benzene rings is 1. The van der Waals surface area contributed by atoms with Crippen molar-refractivity contribution >= 4 is 29.7 Å². The molecule has 3 amide bonds. The average Bonchev–Trinajstić information content (AvgIpc) is 2.98. The fourth-order valence-corrected chi connectivity index (χ4v) is 4.66. The van der Waals surface area contributed by atoms with Crippen LogP contribution in [0.3, 0.4) is 0 Å². The number of halogens is 3. The minimum atomic E-state index is -4.56. The molecule has 0 aliphatic rings. The standard InChI is InChI=1S/C32H47F3N4O7/c1-19(26(41)37-22(29(44)46-10)14-15-23(40)45-9)16-17-39(8)28(43)25(30(2,3)4)38-27(42)24(36-7)31(5,6)20-12-11-13-21(18-20)32(33,34)35/h11-13,16,18,22,24-25,36H,14-15,17H2,1-10H3,(H,37,41)(H,38,42)/b19-16+. The maximum Gasteiger partial charge on any atom is 0.416 e. The van der Waals surface area contributed by atoms with E-state index in [9.17, 15) is 37.1 Å². The second-order valence-electron chi connectivity index (χ2n) is 12.6. The molecule has 3 unspecified atom stereocenters. The molecule has 14 heteroatoms. The highest BCUT2D eigenvalue weighted by molar-refractivity contribution is 5.96. The summed E-state index contributed by atoms with van der Waals surface area (Å²) in [5.41, 5.74) is -2.25. The van der Waals surface area contributed by atoms with Gasteiger partial charge in [0.15, 0.2) is 0 Å². The molecule has 0 saturated heterocycles. The van der Waals surface area contributed by atoms with Gasteiger partial charge in [0.05, 0.1) is 25.8 Å². The molecule has 0 radical (unpaired) electrons. The van der Waals surface area contributed by atoms with Crippen LogP contribution in [-0.4, -0.2) is 87.5 Å². The van der Waals surface area contributed by atoms with Gasteiger partial charge in [0.25, 0.3) is 0 Å². The molecule has 1 rings (SSSR count). The molecule has 3 N–H and O–H groups in total. The summed E-state index contributed by atoms with van der Waals surface area (Å²) in [5, 5.41) is 8.19. The summed E-state index contributed by atoms with van der Waals surface area (Å²) in [5.74, 6) is -2.97. The third-order valence-corrected chi connectivity index (χ3v) is 7.67. The van der Waals surface area contributed by atoms with Crippen LogP contribution in [0.2, 0.25) is 0 Å². The Morgan fingerprint density at radius 2 is 1.52 bits per heavy atom. The first-order valence-corrected chi connectivity index (χ1v) is 14.6. The van der Waals surface area contributed by atoms with Gasteiger partial charge in [0.2, 0.25) is 17.7 Å². The summed E-state index contributed by atoms with van der Waals surface area (Å²) in [7, 11) is 5.36. The molecule has 3 atom stereocenters. The molecular weight excluding hydrogens is 609 g/mol. The van der Waals surface area contributed by atoms with Gasteiger partial charge in [0.1, 0.15) is 12.1 Å². The van der Waals surface area contributed by atoms with E-state index in [1.807, 2.05) is 0 Å². The van der Waals surface area contributed by atoms with Crippen LogP contribution in [0, 0.1) is 5.41 Å². The summed E-state index contributed by atoms with van der Waals surface area (Å²) in [6.07, 6.45) is -3.25. The summed E-state index contributed by atoms with van der Waals surface area (Å²) in [4.78, 5) is 64.9. The molecule has 0 heterocycles. The summed E-state index contributed by atoms with van der Waals surface area (Å²) in [6.45, 7) is 10.0. The first kappa shape index (κ1) is 40.1. The number of likely N-dealkylation sites (N-methyl/N-ethyl adjacent to an activating group) is 2. The number of nitrogens with zero attached hydrogens (tertiary/aromatic N) is 1. The van der Waals surface area contributed by atoms with Crippen molar-refractivity contribution in [2.24, 2.45) is 5.41 Å². The van der Waals surface area contributed by atoms with Crippen LogP contribution >= 0.6 is 0 Å². The second-order valence-corrected chi connectivity index (χ2v) is 12.6. The highest BCUT2D eigenvalue weighted by atomic mass is 19.4. The Labute approximate surface area is 268 Å². The quantitative estimate of drug-likeness (QED) is 0.205. The zero-order valence-corrected chi connectivity index (χ0v) is 28.2. The molecule has 1 aromatic carbocycles. The Kier molecular flexibility index (Phi) is 14.4. The average molecular weight is 657 g/mol. The summed E-state index contributed by atoms with van der Waals surface area (Å²) < 4.78 is 49.5. The van der Waals surface area contributed by atoms with Gasteiger partial charge in [-0.15, -0.1) is 0 Å². The molecule has 1 aromatic rings. The molecule has 0 aliphatic carbocycles. The van der Waals surface area contributed by atoms with E-state index in [4.69, 9.17) is 4.74 Å². The van der Waals surface area contributed by atoms with Gasteiger partial charge in [-0.05, 0) is 37.4 Å². The zero-order valence-electron chi connectivity index (χ0n) is 28.2. The van der Waals surface area contributed by atoms with E-state index in [2.05, 4.69) is 20.7 Å². The van der Waals surface area contributed by atoms with Crippen LogP contribution < -0.4 is 16.0 Å². The fourth-order valence-electron chi connectivity index (χ4n) is 4.66. The van der Waals surface area contributed by atoms with Gasteiger partial charge >= 0.3 is 18.1 Å². The van der Waals surface area contributed by atoms with Gasteiger partial charge < -0.3 is 30.3 Å². The first-order valence-electron chi connectivity index (χ1n) is 14.6. The molecule has 46 heavy (non-hydrogen) atoms. The van der Waals surface area contributed by atoms with Gasteiger partial charge in [0, 0.05) is 31.0 Å². The smallest absolute Gasteiger partial charge is 0.416 e. The van der Waals surface area contributed by atoms with Crippen LogP contribution in [-0.2, 0) is 45.0 Å². The van der Waals surface area contributed by atoms with Crippen LogP contribution in [0.4, 0.5) is 13.2 Å². The lowest BCUT2D eigenvalue weighted by Crippen LogP contribution is -2.60. The predicted octanol–water partition coefficient (Wildman–Crippen LogP) is 3.12. The van der Waals surface area contributed by atoms with Crippen molar-refractivity contribution in [1.29, 1.82) is 0 Å². The van der Waals surface area contributed by atoms with Crippen LogP contribution in [0.15, 0.2) is 35.9 Å². The number of nitrogens with one attached hydrogen (secondary N) is 3. The Balaban J connectivity index is 3.12. The number of rotatable bonds is 14. The Morgan fingerprint density at radius 1 is 0.935 bits per heavy atom. The number of carbonyl (C=O) groups is 5. The molecule has 0 aliphatic heterocycles. The lowest BCUT2D eigenvalue weighted by Gasteiger charge is -2.38. The highest BCUT2D eigenvalue weighted by Gasteiger charge is 2.41. The monoisotopic (exact) mass is 656 g/mol. The Bertz CT molecular complexity index is 1290. The minimum Gasteiger partial charge on any atom is -0.469 e. The molecular formula is C32H47F3N4O7. The molecule has 0 aromatic heterocycles. The molecule has 0 bridgehead atoms. The van der Waals surface area contributed by atoms with Crippen LogP contribution in [0.25, 0.3) is 0 Å². The molecule has 0 fully saturated rings. The maximum absolute atomic E-state index is 13.6. The van der Waals surface area contributed by atoms with Crippen LogP contribution in [0.5, 0.6) is 0 Å². The van der Waals surface area contributed by atoms with Gasteiger partial charge in [-0.3, -0.25) is 19.2 Å². The number of hydrogen-bond donors (Lipinski definition) is 3. The number of carbonyl (C=O) groups excluding carboxylic acids is 5. The number of hydrogen-bond acceptors (Lipinski definition) is 8. The second kappa shape index (κ2) is 16.6. The van der Waals surface area contributed by atoms with Crippen molar-refractivity contribution < 1.29 is 46.6 Å². The van der Waals surface area contributed by atoms with E-state index in [0.717, 1.165) is 19.2 Å². The van der Waals surface area contributed by atoms with Gasteiger partial charge in [-0.25, -0.2) is 4.79 Å². The molecule has 11 nitrogen and oxygen atoms in total. The highest BCUT2D eigenvalue weighted by Crippen LogP contribution is 2.34. The van der Waals surface area contributed by atoms with E-state index in [1.54, 1.807) is 34.6 Å². The third-order valence-electron chi connectivity index (χ3n) is 7.67. The fraction of sp³-hybridized carbons (Fsp3) is 0.594. The van der Waals surface area contributed by atoms with Crippen molar-refractivity contribution in [2.75, 3.05) is 34.9 Å². The lowest BCUT2D eigenvalue weighted by atomic mass is 9.76. The number of amides is 3. The topological polar surface area (TPSA) is 143 Å². The summed E-state index contributed by atoms with van der Waals surface area (Å²) >= 11 is 0. The van der Waals surface area contributed by atoms with E-state index >= 15 is 0 Å². The maximum atomic E-state index is 13.6. The van der Waals surface area contributed by atoms with E-state index < -0.39 is 70.4 Å². The first-order chi connectivity index (χ1) is 21.1. The SMILES string of the molecule is CNC(C(=O)NC(C(=O)N(C)C/C=C(\C)C(=O)NC(CCC(=O)OC)C(=O)OC)C(C)(C)C)C(C)(C)c1cccc(C(F)(F)F)c1. The number of ether oxygens (including phenoxy) is 2. The third kappa shape index (κ3) is 11.1. The zero-order chi connectivity index (χ0) is 35.6. The van der Waals surface area contributed by atoms with Gasteiger partial charge in [-0.2, -0.15) is 13.2 Å². The van der Waals surface area contributed by atoms with E-state index in [0.29, 0.717) is 0 Å². The minimum absolute atomic E-state index is 0.0310. The largest absolute Gasteiger partial charge is 0.469 e. The Morgan fingerprint density at radius 3 is 2.02 bits per heavy atom. The Hall–Kier alpha value is -3.94. The molecule has 0 spiro atoms. The van der Waals surface area contributed by atoms with Crippen molar-refractivity contribution in [3.8, 4) is 0 Å². The van der Waals surface area contributed by atoms with E-state index in [-0.39, 0.29) is 30.5 Å². The molecule has 258 valence electrons. The number of esters is 2. The van der Waals surface area contributed by atoms with Crippen LogP contribution in [0.1, 0.15) is 65.5 Å².